The van der Waals surface area contributed by atoms with Gasteiger partial charge in [0.25, 0.3) is 5.91 Å². The smallest absolute Gasteiger partial charge is 0.331 e. The summed E-state index contributed by atoms with van der Waals surface area (Å²) in [7, 11) is 0. The molecule has 0 aliphatic heterocycles. The lowest BCUT2D eigenvalue weighted by Crippen LogP contribution is -2.60. The summed E-state index contributed by atoms with van der Waals surface area (Å²) in [5, 5.41) is 3.13. The largest absolute Gasteiger partial charge is 0.463 e. The molecule has 4 rings (SSSR count). The molecule has 0 aromatic rings. The van der Waals surface area contributed by atoms with E-state index in [4.69, 9.17) is 4.74 Å². The van der Waals surface area contributed by atoms with E-state index in [1.165, 1.54) is 19.3 Å². The number of amides is 1. The zero-order chi connectivity index (χ0) is 17.2. The lowest BCUT2D eigenvalue weighted by Gasteiger charge is -2.56. The zero-order valence-electron chi connectivity index (χ0n) is 14.1. The summed E-state index contributed by atoms with van der Waals surface area (Å²) in [5.74, 6) is 0.649. The van der Waals surface area contributed by atoms with E-state index in [2.05, 4.69) is 10.1 Å². The normalized spacial score (nSPS) is 33.5. The Morgan fingerprint density at radius 2 is 1.46 bits per heavy atom. The van der Waals surface area contributed by atoms with Gasteiger partial charge < -0.3 is 14.8 Å². The highest BCUT2D eigenvalue weighted by atomic mass is 16.5. The molecule has 4 bridgehead atoms. The number of hydrogen-bond donors (Lipinski definition) is 1. The fourth-order valence-electron chi connectivity index (χ4n) is 5.11. The second kappa shape index (κ2) is 6.95. The maximum absolute atomic E-state index is 12.2. The first-order valence-corrected chi connectivity index (χ1v) is 8.80. The van der Waals surface area contributed by atoms with Crippen LogP contribution in [-0.2, 0) is 23.9 Å². The van der Waals surface area contributed by atoms with Gasteiger partial charge in [-0.3, -0.25) is 4.79 Å². The van der Waals surface area contributed by atoms with Crippen LogP contribution in [0.2, 0.25) is 0 Å². The van der Waals surface area contributed by atoms with Gasteiger partial charge in [-0.1, -0.05) is 0 Å². The molecule has 4 aliphatic carbocycles. The van der Waals surface area contributed by atoms with Crippen LogP contribution in [0, 0.1) is 17.8 Å². The van der Waals surface area contributed by atoms with Crippen molar-refractivity contribution in [2.75, 3.05) is 13.2 Å². The highest BCUT2D eigenvalue weighted by Gasteiger charge is 2.51. The van der Waals surface area contributed by atoms with Crippen LogP contribution in [-0.4, -0.2) is 36.6 Å². The quantitative estimate of drug-likeness (QED) is 0.590. The van der Waals surface area contributed by atoms with Crippen molar-refractivity contribution in [3.05, 3.63) is 12.2 Å². The fourth-order valence-corrected chi connectivity index (χ4v) is 5.11. The van der Waals surface area contributed by atoms with E-state index in [9.17, 15) is 14.4 Å². The van der Waals surface area contributed by atoms with Crippen LogP contribution in [0.3, 0.4) is 0 Å². The van der Waals surface area contributed by atoms with Gasteiger partial charge >= 0.3 is 11.9 Å². The van der Waals surface area contributed by atoms with E-state index in [0.29, 0.717) is 0 Å². The molecule has 0 unspecified atom stereocenters. The third-order valence-corrected chi connectivity index (χ3v) is 5.43. The Labute approximate surface area is 141 Å². The van der Waals surface area contributed by atoms with E-state index in [1.54, 1.807) is 6.92 Å². The maximum atomic E-state index is 12.2. The molecule has 0 aromatic heterocycles. The van der Waals surface area contributed by atoms with Crippen molar-refractivity contribution in [1.29, 1.82) is 0 Å². The third kappa shape index (κ3) is 3.97. The highest BCUT2D eigenvalue weighted by Crippen LogP contribution is 2.55. The minimum atomic E-state index is -0.719. The molecule has 24 heavy (non-hydrogen) atoms. The van der Waals surface area contributed by atoms with Crippen LogP contribution in [0.4, 0.5) is 0 Å². The molecule has 0 saturated heterocycles. The van der Waals surface area contributed by atoms with Gasteiger partial charge in [-0.15, -0.1) is 0 Å². The van der Waals surface area contributed by atoms with Gasteiger partial charge in [0.05, 0.1) is 6.61 Å². The standard InChI is InChI=1S/C18H25NO5/c1-2-23-16(21)3-4-17(22)24-11-15(20)19-18-8-12-5-13(9-18)7-14(6-12)10-18/h3-4,12-14H,2,5-11H2,1H3,(H,19,20)/b4-3+. The zero-order valence-corrected chi connectivity index (χ0v) is 14.1. The Morgan fingerprint density at radius 1 is 0.958 bits per heavy atom. The summed E-state index contributed by atoms with van der Waals surface area (Å²) in [4.78, 5) is 34.8. The van der Waals surface area contributed by atoms with Gasteiger partial charge in [0.15, 0.2) is 6.61 Å². The van der Waals surface area contributed by atoms with E-state index in [0.717, 1.165) is 49.2 Å². The number of esters is 2. The first-order valence-electron chi connectivity index (χ1n) is 8.80. The molecule has 0 aromatic carbocycles. The van der Waals surface area contributed by atoms with Crippen LogP contribution in [0.25, 0.3) is 0 Å². The van der Waals surface area contributed by atoms with E-state index in [-0.39, 0.29) is 24.7 Å². The van der Waals surface area contributed by atoms with Crippen molar-refractivity contribution in [3.8, 4) is 0 Å². The van der Waals surface area contributed by atoms with Crippen LogP contribution >= 0.6 is 0 Å². The summed E-state index contributed by atoms with van der Waals surface area (Å²) in [6, 6.07) is 0. The molecule has 0 radical (unpaired) electrons. The number of carbonyl (C=O) groups excluding carboxylic acids is 3. The second-order valence-electron chi connectivity index (χ2n) is 7.44. The Morgan fingerprint density at radius 3 is 1.96 bits per heavy atom. The molecular weight excluding hydrogens is 310 g/mol. The summed E-state index contributed by atoms with van der Waals surface area (Å²) >= 11 is 0. The molecule has 1 amide bonds. The first kappa shape index (κ1) is 17.0. The molecule has 0 atom stereocenters. The summed E-state index contributed by atoms with van der Waals surface area (Å²) in [6.07, 6.45) is 9.08. The molecule has 6 heteroatoms. The van der Waals surface area contributed by atoms with Crippen molar-refractivity contribution in [3.63, 3.8) is 0 Å². The molecule has 1 N–H and O–H groups in total. The summed E-state index contributed by atoms with van der Waals surface area (Å²) < 4.78 is 9.56. The molecule has 0 spiro atoms. The second-order valence-corrected chi connectivity index (χ2v) is 7.44. The number of carbonyl (C=O) groups is 3. The predicted octanol–water partition coefficient (Wildman–Crippen LogP) is 1.73. The first-order chi connectivity index (χ1) is 11.5. The Balaban J connectivity index is 1.45. The number of ether oxygens (including phenoxy) is 2. The molecule has 4 aliphatic rings. The number of nitrogens with one attached hydrogen (secondary N) is 1. The minimum Gasteiger partial charge on any atom is -0.463 e. The summed E-state index contributed by atoms with van der Waals surface area (Å²) in [5.41, 5.74) is -0.0843. The van der Waals surface area contributed by atoms with E-state index >= 15 is 0 Å². The Kier molecular flexibility index (Phi) is 4.92. The molecular formula is C18H25NO5. The van der Waals surface area contributed by atoms with Crippen LogP contribution in [0.5, 0.6) is 0 Å². The lowest BCUT2D eigenvalue weighted by atomic mass is 9.53. The van der Waals surface area contributed by atoms with E-state index in [1.807, 2.05) is 0 Å². The van der Waals surface area contributed by atoms with Crippen LogP contribution in [0.15, 0.2) is 12.2 Å². The molecule has 0 heterocycles. The van der Waals surface area contributed by atoms with Gasteiger partial charge in [-0.05, 0) is 63.2 Å². The average Bonchev–Trinajstić information content (AvgIpc) is 2.49. The van der Waals surface area contributed by atoms with Gasteiger partial charge in [0.1, 0.15) is 0 Å². The summed E-state index contributed by atoms with van der Waals surface area (Å²) in [6.45, 7) is 1.61. The molecule has 4 saturated carbocycles. The topological polar surface area (TPSA) is 81.7 Å². The van der Waals surface area contributed by atoms with Crippen LogP contribution < -0.4 is 5.32 Å². The van der Waals surface area contributed by atoms with Crippen molar-refractivity contribution in [2.45, 2.75) is 51.0 Å². The van der Waals surface area contributed by atoms with Crippen LogP contribution in [0.1, 0.15) is 45.4 Å². The van der Waals surface area contributed by atoms with Crippen molar-refractivity contribution >= 4 is 17.8 Å². The SMILES string of the molecule is CCOC(=O)/C=C/C(=O)OCC(=O)NC12CC3CC(CC(C3)C1)C2. The molecule has 6 nitrogen and oxygen atoms in total. The van der Waals surface area contributed by atoms with Gasteiger partial charge in [-0.2, -0.15) is 0 Å². The predicted molar refractivity (Wildman–Crippen MR) is 85.8 cm³/mol. The average molecular weight is 335 g/mol. The van der Waals surface area contributed by atoms with Gasteiger partial charge in [0, 0.05) is 17.7 Å². The Hall–Kier alpha value is -1.85. The number of hydrogen-bond acceptors (Lipinski definition) is 5. The maximum Gasteiger partial charge on any atom is 0.331 e. The van der Waals surface area contributed by atoms with Gasteiger partial charge in [0.2, 0.25) is 0 Å². The van der Waals surface area contributed by atoms with Gasteiger partial charge in [-0.25, -0.2) is 9.59 Å². The van der Waals surface area contributed by atoms with Crippen molar-refractivity contribution < 1.29 is 23.9 Å². The number of rotatable bonds is 6. The highest BCUT2D eigenvalue weighted by molar-refractivity contribution is 5.92. The molecule has 132 valence electrons. The van der Waals surface area contributed by atoms with Crippen molar-refractivity contribution in [1.82, 2.24) is 5.32 Å². The Bertz CT molecular complexity index is 518. The lowest BCUT2D eigenvalue weighted by molar-refractivity contribution is -0.146. The minimum absolute atomic E-state index is 0.0843. The monoisotopic (exact) mass is 335 g/mol. The van der Waals surface area contributed by atoms with Crippen molar-refractivity contribution in [2.24, 2.45) is 17.8 Å². The third-order valence-electron chi connectivity index (χ3n) is 5.43. The fraction of sp³-hybridized carbons (Fsp3) is 0.722. The van der Waals surface area contributed by atoms with E-state index < -0.39 is 11.9 Å². The molecule has 4 fully saturated rings.